The van der Waals surface area contributed by atoms with E-state index >= 15 is 0 Å². The first-order chi connectivity index (χ1) is 18.1. The highest BCUT2D eigenvalue weighted by atomic mass is 19.4. The fraction of sp³-hybridized carbons (Fsp3) is 0.593. The minimum absolute atomic E-state index is 0.0338. The number of ether oxygens (including phenoxy) is 2. The number of fused-ring (bicyclic) bond motifs is 1. The van der Waals surface area contributed by atoms with E-state index in [4.69, 9.17) is 24.4 Å². The molecule has 0 aromatic carbocycles. The second-order valence-corrected chi connectivity index (χ2v) is 11.6. The van der Waals surface area contributed by atoms with Crippen molar-refractivity contribution in [1.29, 1.82) is 0 Å². The molecule has 5 fully saturated rings. The molecule has 2 atom stereocenters. The summed E-state index contributed by atoms with van der Waals surface area (Å²) in [7, 11) is 0. The molecular formula is C27H28F3N5O3. The van der Waals surface area contributed by atoms with Gasteiger partial charge in [-0.15, -0.1) is 0 Å². The van der Waals surface area contributed by atoms with Crippen molar-refractivity contribution in [2.24, 2.45) is 5.41 Å². The number of rotatable bonds is 4. The average Bonchev–Trinajstić information content (AvgIpc) is 2.77. The van der Waals surface area contributed by atoms with Gasteiger partial charge in [0.05, 0.1) is 47.9 Å². The summed E-state index contributed by atoms with van der Waals surface area (Å²) in [5, 5.41) is 0. The zero-order valence-corrected chi connectivity index (χ0v) is 21.2. The van der Waals surface area contributed by atoms with Crippen LogP contribution in [0, 0.1) is 19.3 Å². The molecule has 3 aromatic heterocycles. The van der Waals surface area contributed by atoms with Gasteiger partial charge in [0.2, 0.25) is 0 Å². The van der Waals surface area contributed by atoms with E-state index in [9.17, 15) is 18.0 Å². The lowest BCUT2D eigenvalue weighted by atomic mass is 9.34. The second-order valence-electron chi connectivity index (χ2n) is 11.6. The number of nitrogens with zero attached hydrogens (tertiary/aromatic N) is 5. The fourth-order valence-corrected chi connectivity index (χ4v) is 6.67. The zero-order chi connectivity index (χ0) is 26.4. The maximum Gasteiger partial charge on any atom is 0.394 e. The average molecular weight is 528 g/mol. The third kappa shape index (κ3) is 3.47. The summed E-state index contributed by atoms with van der Waals surface area (Å²) in [5.74, 6) is 0.529. The molecule has 3 aromatic rings. The van der Waals surface area contributed by atoms with Crippen molar-refractivity contribution < 1.29 is 22.6 Å². The number of aryl methyl sites for hydroxylation is 2. The molecule has 3 aliphatic carbocycles. The lowest BCUT2D eigenvalue weighted by molar-refractivity contribution is -0.337. The Morgan fingerprint density at radius 3 is 2.45 bits per heavy atom. The van der Waals surface area contributed by atoms with Gasteiger partial charge in [0, 0.05) is 30.2 Å². The van der Waals surface area contributed by atoms with E-state index in [1.54, 1.807) is 16.7 Å². The predicted molar refractivity (Wildman–Crippen MR) is 130 cm³/mol. The molecule has 5 heterocycles. The van der Waals surface area contributed by atoms with Gasteiger partial charge in [-0.2, -0.15) is 13.2 Å². The number of hydrogen-bond donors (Lipinski definition) is 0. The molecule has 2 saturated heterocycles. The highest BCUT2D eigenvalue weighted by Crippen LogP contribution is 2.78. The topological polar surface area (TPSA) is 92.0 Å². The summed E-state index contributed by atoms with van der Waals surface area (Å²) >= 11 is 0. The second kappa shape index (κ2) is 8.05. The molecule has 2 bridgehead atoms. The van der Waals surface area contributed by atoms with Gasteiger partial charge in [-0.3, -0.25) is 4.79 Å². The van der Waals surface area contributed by atoms with Crippen LogP contribution in [0.25, 0.3) is 11.2 Å². The van der Waals surface area contributed by atoms with Gasteiger partial charge in [-0.25, -0.2) is 19.9 Å². The zero-order valence-electron chi connectivity index (χ0n) is 21.2. The molecule has 0 amide bonds. The largest absolute Gasteiger partial charge is 0.394 e. The van der Waals surface area contributed by atoms with E-state index in [1.165, 1.54) is 0 Å². The van der Waals surface area contributed by atoms with Crippen molar-refractivity contribution in [1.82, 2.24) is 24.5 Å². The van der Waals surface area contributed by atoms with Crippen LogP contribution in [-0.4, -0.2) is 50.5 Å². The Balaban J connectivity index is 1.23. The third-order valence-electron chi connectivity index (χ3n) is 9.09. The SMILES string of the molecule is Cc1nc2nc([C@H]3CCO[C@@H](c4ccc(=O)n(C5COC5)c4)C3)nc(C34CC(C(F)(F)F)(C3)C4)c2nc1C. The Kier molecular flexibility index (Phi) is 5.11. The van der Waals surface area contributed by atoms with Crippen molar-refractivity contribution in [3.8, 4) is 0 Å². The van der Waals surface area contributed by atoms with Crippen LogP contribution in [0.1, 0.15) is 78.6 Å². The molecule has 0 N–H and O–H groups in total. The first-order valence-corrected chi connectivity index (χ1v) is 13.1. The minimum atomic E-state index is -4.20. The monoisotopic (exact) mass is 527 g/mol. The van der Waals surface area contributed by atoms with Gasteiger partial charge < -0.3 is 14.0 Å². The molecule has 0 spiro atoms. The molecule has 8 rings (SSSR count). The van der Waals surface area contributed by atoms with Crippen LogP contribution in [0.4, 0.5) is 13.2 Å². The van der Waals surface area contributed by atoms with Crippen LogP contribution in [0.3, 0.4) is 0 Å². The number of hydrogen-bond acceptors (Lipinski definition) is 7. The van der Waals surface area contributed by atoms with E-state index in [-0.39, 0.29) is 42.9 Å². The normalized spacial score (nSPS) is 31.0. The Hall–Kier alpha value is -2.92. The summed E-state index contributed by atoms with van der Waals surface area (Å²) < 4.78 is 54.0. The maximum absolute atomic E-state index is 13.6. The van der Waals surface area contributed by atoms with Crippen LogP contribution in [-0.2, 0) is 14.9 Å². The van der Waals surface area contributed by atoms with Crippen LogP contribution in [0.5, 0.6) is 0 Å². The summed E-state index contributed by atoms with van der Waals surface area (Å²) in [6.45, 7) is 5.22. The summed E-state index contributed by atoms with van der Waals surface area (Å²) in [6.07, 6.45) is -1.17. The Bertz CT molecular complexity index is 1500. The number of pyridine rings is 1. The lowest BCUT2D eigenvalue weighted by Crippen LogP contribution is -2.70. The van der Waals surface area contributed by atoms with Crippen molar-refractivity contribution in [3.05, 3.63) is 57.2 Å². The van der Waals surface area contributed by atoms with E-state index in [2.05, 4.69) is 4.98 Å². The number of alkyl halides is 3. The molecule has 200 valence electrons. The van der Waals surface area contributed by atoms with Crippen molar-refractivity contribution in [3.63, 3.8) is 0 Å². The quantitative estimate of drug-likeness (QED) is 0.497. The molecule has 11 heteroatoms. The Morgan fingerprint density at radius 1 is 1.03 bits per heavy atom. The van der Waals surface area contributed by atoms with E-state index < -0.39 is 17.0 Å². The number of halogens is 3. The van der Waals surface area contributed by atoms with Gasteiger partial charge in [0.25, 0.3) is 5.56 Å². The molecule has 0 radical (unpaired) electrons. The van der Waals surface area contributed by atoms with Gasteiger partial charge in [-0.05, 0) is 57.6 Å². The van der Waals surface area contributed by atoms with Crippen LogP contribution in [0.15, 0.2) is 23.1 Å². The van der Waals surface area contributed by atoms with E-state index in [0.717, 1.165) is 17.0 Å². The van der Waals surface area contributed by atoms with Crippen LogP contribution < -0.4 is 5.56 Å². The summed E-state index contributed by atoms with van der Waals surface area (Å²) in [6, 6.07) is 3.39. The fourth-order valence-electron chi connectivity index (χ4n) is 6.67. The smallest absolute Gasteiger partial charge is 0.377 e. The van der Waals surface area contributed by atoms with Crippen molar-refractivity contribution in [2.75, 3.05) is 19.8 Å². The first kappa shape index (κ1) is 24.1. The van der Waals surface area contributed by atoms with Crippen molar-refractivity contribution >= 4 is 11.2 Å². The minimum Gasteiger partial charge on any atom is -0.377 e. The molecular weight excluding hydrogens is 499 g/mol. The molecule has 0 unspecified atom stereocenters. The maximum atomic E-state index is 13.6. The summed E-state index contributed by atoms with van der Waals surface area (Å²) in [5.41, 5.74) is 1.67. The molecule has 38 heavy (non-hydrogen) atoms. The highest BCUT2D eigenvalue weighted by Gasteiger charge is 2.79. The first-order valence-electron chi connectivity index (χ1n) is 13.1. The standard InChI is InChI=1S/C27H28F3N5O3/c1-14-15(2)32-24-21(31-14)22(25-11-26(12-25,13-25)27(28,29)30)33-23(34-24)16-5-6-38-19(7-16)17-3-4-20(36)35(8-17)18-9-37-10-18/h3-4,8,16,18-19H,5-7,9-13H2,1-2H3/t16-,19+,25?,26?/m0/s1. The van der Waals surface area contributed by atoms with Gasteiger partial charge in [0.15, 0.2) is 5.65 Å². The van der Waals surface area contributed by atoms with Crippen LogP contribution in [0.2, 0.25) is 0 Å². The summed E-state index contributed by atoms with van der Waals surface area (Å²) in [4.78, 5) is 31.5. The molecule has 8 nitrogen and oxygen atoms in total. The van der Waals surface area contributed by atoms with Crippen molar-refractivity contribution in [2.45, 2.75) is 75.6 Å². The highest BCUT2D eigenvalue weighted by molar-refractivity contribution is 5.75. The third-order valence-corrected chi connectivity index (χ3v) is 9.09. The predicted octanol–water partition coefficient (Wildman–Crippen LogP) is 4.39. The molecule has 3 saturated carbocycles. The molecule has 2 aliphatic heterocycles. The Morgan fingerprint density at radius 2 is 1.76 bits per heavy atom. The Labute approximate surface area is 216 Å². The lowest BCUT2D eigenvalue weighted by Gasteiger charge is -2.70. The van der Waals surface area contributed by atoms with Gasteiger partial charge in [0.1, 0.15) is 11.3 Å². The van der Waals surface area contributed by atoms with E-state index in [1.807, 2.05) is 20.0 Å². The van der Waals surface area contributed by atoms with Crippen LogP contribution >= 0.6 is 0 Å². The number of aromatic nitrogens is 5. The molecule has 5 aliphatic rings. The van der Waals surface area contributed by atoms with Gasteiger partial charge >= 0.3 is 6.18 Å². The van der Waals surface area contributed by atoms with Gasteiger partial charge in [-0.1, -0.05) is 0 Å². The van der Waals surface area contributed by atoms with E-state index in [0.29, 0.717) is 55.3 Å².